The van der Waals surface area contributed by atoms with Crippen LogP contribution < -0.4 is 15.0 Å². The number of carbonyl (C=O) groups is 1. The number of nitrogens with one attached hydrogen (secondary N) is 1. The summed E-state index contributed by atoms with van der Waals surface area (Å²) in [7, 11) is 0. The summed E-state index contributed by atoms with van der Waals surface area (Å²) in [5.74, 6) is 1.27. The first-order valence-electron chi connectivity index (χ1n) is 9.97. The Morgan fingerprint density at radius 3 is 2.67 bits per heavy atom. The number of urea groups is 1. The number of ether oxygens (including phenoxy) is 1. The molecule has 0 radical (unpaired) electrons. The van der Waals surface area contributed by atoms with E-state index in [1.54, 1.807) is 12.4 Å². The molecular weight excluding hydrogens is 400 g/mol. The number of rotatable bonds is 6. The van der Waals surface area contributed by atoms with Crippen LogP contribution in [-0.4, -0.2) is 50.8 Å². The second kappa shape index (κ2) is 9.53. The van der Waals surface area contributed by atoms with Gasteiger partial charge < -0.3 is 19.9 Å². The molecular formula is C21H24N6O2S. The van der Waals surface area contributed by atoms with Crippen LogP contribution in [0.15, 0.2) is 48.8 Å². The molecule has 0 spiro atoms. The second-order valence-electron chi connectivity index (χ2n) is 7.00. The maximum absolute atomic E-state index is 12.6. The minimum Gasteiger partial charge on any atom is -0.470 e. The number of aromatic nitrogens is 3. The molecule has 1 aliphatic rings. The van der Waals surface area contributed by atoms with Crippen molar-refractivity contribution in [2.75, 3.05) is 36.4 Å². The molecule has 3 heterocycles. The highest BCUT2D eigenvalue weighted by atomic mass is 32.1. The summed E-state index contributed by atoms with van der Waals surface area (Å²) < 4.78 is 14.6. The third-order valence-electron chi connectivity index (χ3n) is 5.02. The van der Waals surface area contributed by atoms with E-state index in [0.717, 1.165) is 35.2 Å². The molecule has 2 amide bonds. The van der Waals surface area contributed by atoms with Gasteiger partial charge in [-0.3, -0.25) is 4.98 Å². The predicted octanol–water partition coefficient (Wildman–Crippen LogP) is 3.43. The van der Waals surface area contributed by atoms with Crippen molar-refractivity contribution >= 4 is 29.3 Å². The average molecular weight is 425 g/mol. The highest BCUT2D eigenvalue weighted by Gasteiger charge is 2.25. The summed E-state index contributed by atoms with van der Waals surface area (Å²) in [6.07, 6.45) is 4.42. The van der Waals surface area contributed by atoms with Gasteiger partial charge in [0.25, 0.3) is 5.88 Å². The van der Waals surface area contributed by atoms with Crippen molar-refractivity contribution in [1.29, 1.82) is 0 Å². The van der Waals surface area contributed by atoms with Crippen LogP contribution in [-0.2, 0) is 13.0 Å². The number of benzene rings is 1. The fourth-order valence-electron chi connectivity index (χ4n) is 3.28. The molecule has 0 bridgehead atoms. The third-order valence-corrected chi connectivity index (χ3v) is 5.52. The Kier molecular flexibility index (Phi) is 6.38. The number of amides is 2. The lowest BCUT2D eigenvalue weighted by molar-refractivity contribution is 0.208. The van der Waals surface area contributed by atoms with Crippen LogP contribution in [0, 0.1) is 0 Å². The topological polar surface area (TPSA) is 83.5 Å². The van der Waals surface area contributed by atoms with Gasteiger partial charge in [-0.05, 0) is 41.8 Å². The summed E-state index contributed by atoms with van der Waals surface area (Å²) in [6, 6.07) is 11.7. The first kappa shape index (κ1) is 20.1. The van der Waals surface area contributed by atoms with Crippen molar-refractivity contribution in [2.24, 2.45) is 0 Å². The highest BCUT2D eigenvalue weighted by molar-refractivity contribution is 6.99. The van der Waals surface area contributed by atoms with Gasteiger partial charge in [-0.15, -0.1) is 4.37 Å². The molecule has 0 saturated carbocycles. The quantitative estimate of drug-likeness (QED) is 0.653. The summed E-state index contributed by atoms with van der Waals surface area (Å²) in [6.45, 7) is 5.10. The maximum atomic E-state index is 12.6. The molecule has 4 rings (SSSR count). The van der Waals surface area contributed by atoms with Gasteiger partial charge in [0.15, 0.2) is 0 Å². The molecule has 156 valence electrons. The molecule has 2 aromatic heterocycles. The molecule has 9 heteroatoms. The smallest absolute Gasteiger partial charge is 0.321 e. The van der Waals surface area contributed by atoms with Crippen molar-refractivity contribution in [2.45, 2.75) is 20.0 Å². The number of anilines is 2. The molecule has 0 unspecified atom stereocenters. The first-order chi connectivity index (χ1) is 14.7. The number of pyridine rings is 1. The lowest BCUT2D eigenvalue weighted by Crippen LogP contribution is -2.50. The maximum Gasteiger partial charge on any atom is 0.321 e. The van der Waals surface area contributed by atoms with E-state index in [9.17, 15) is 4.79 Å². The molecule has 3 aromatic rings. The predicted molar refractivity (Wildman–Crippen MR) is 117 cm³/mol. The number of carbonyl (C=O) groups excluding carboxylic acids is 1. The molecule has 1 N–H and O–H groups in total. The van der Waals surface area contributed by atoms with Crippen molar-refractivity contribution in [3.8, 4) is 5.88 Å². The van der Waals surface area contributed by atoms with E-state index in [2.05, 4.69) is 36.9 Å². The largest absolute Gasteiger partial charge is 0.470 e. The minimum atomic E-state index is -0.0755. The van der Waals surface area contributed by atoms with E-state index in [-0.39, 0.29) is 6.03 Å². The summed E-state index contributed by atoms with van der Waals surface area (Å²) >= 11 is 1.14. The van der Waals surface area contributed by atoms with Crippen LogP contribution >= 0.6 is 11.7 Å². The molecule has 0 aliphatic carbocycles. The molecule has 30 heavy (non-hydrogen) atoms. The molecule has 1 saturated heterocycles. The van der Waals surface area contributed by atoms with Gasteiger partial charge in [0, 0.05) is 44.3 Å². The number of aryl methyl sites for hydroxylation is 1. The highest BCUT2D eigenvalue weighted by Crippen LogP contribution is 2.27. The van der Waals surface area contributed by atoms with Crippen LogP contribution in [0.5, 0.6) is 5.88 Å². The van der Waals surface area contributed by atoms with Gasteiger partial charge in [-0.1, -0.05) is 19.1 Å². The van der Waals surface area contributed by atoms with Gasteiger partial charge in [0.05, 0.1) is 11.7 Å². The molecule has 1 fully saturated rings. The first-order valence-corrected chi connectivity index (χ1v) is 10.7. The number of piperazine rings is 1. The summed E-state index contributed by atoms with van der Waals surface area (Å²) in [5, 5.41) is 3.00. The Bertz CT molecular complexity index is 972. The molecule has 1 aromatic carbocycles. The van der Waals surface area contributed by atoms with Gasteiger partial charge in [0.2, 0.25) is 5.82 Å². The average Bonchev–Trinajstić information content (AvgIpc) is 3.27. The SMILES string of the molecule is CCc1cccc(NC(=O)N2CCN(c3nsnc3OCc3ccncc3)CC2)c1. The number of hydrogen-bond acceptors (Lipinski definition) is 7. The van der Waals surface area contributed by atoms with Gasteiger partial charge >= 0.3 is 6.03 Å². The second-order valence-corrected chi connectivity index (χ2v) is 7.52. The standard InChI is InChI=1S/C21H24N6O2S/c1-2-16-4-3-5-18(14-16)23-21(28)27-12-10-26(11-13-27)19-20(25-30-24-19)29-15-17-6-8-22-9-7-17/h3-9,14H,2,10-13,15H2,1H3,(H,23,28). The Labute approximate surface area is 179 Å². The Hall–Kier alpha value is -3.20. The van der Waals surface area contributed by atoms with Crippen molar-refractivity contribution in [3.05, 3.63) is 59.9 Å². The van der Waals surface area contributed by atoms with Crippen LogP contribution in [0.25, 0.3) is 0 Å². The van der Waals surface area contributed by atoms with Crippen LogP contribution in [0.1, 0.15) is 18.1 Å². The zero-order valence-electron chi connectivity index (χ0n) is 16.8. The lowest BCUT2D eigenvalue weighted by Gasteiger charge is -2.34. The van der Waals surface area contributed by atoms with Crippen LogP contribution in [0.3, 0.4) is 0 Å². The van der Waals surface area contributed by atoms with Gasteiger partial charge in [-0.2, -0.15) is 4.37 Å². The normalized spacial score (nSPS) is 13.9. The van der Waals surface area contributed by atoms with Crippen molar-refractivity contribution in [3.63, 3.8) is 0 Å². The Morgan fingerprint density at radius 2 is 1.90 bits per heavy atom. The monoisotopic (exact) mass is 424 g/mol. The minimum absolute atomic E-state index is 0.0755. The zero-order valence-corrected chi connectivity index (χ0v) is 17.6. The van der Waals surface area contributed by atoms with Crippen LogP contribution in [0.4, 0.5) is 16.3 Å². The van der Waals surface area contributed by atoms with Crippen molar-refractivity contribution in [1.82, 2.24) is 18.6 Å². The van der Waals surface area contributed by atoms with Crippen LogP contribution in [0.2, 0.25) is 0 Å². The van der Waals surface area contributed by atoms with E-state index in [4.69, 9.17) is 4.74 Å². The van der Waals surface area contributed by atoms with Gasteiger partial charge in [-0.25, -0.2) is 4.79 Å². The summed E-state index contributed by atoms with van der Waals surface area (Å²) in [5.41, 5.74) is 3.06. The summed E-state index contributed by atoms with van der Waals surface area (Å²) in [4.78, 5) is 20.6. The third kappa shape index (κ3) is 4.85. The molecule has 1 aliphatic heterocycles. The molecule has 0 atom stereocenters. The van der Waals surface area contributed by atoms with E-state index in [1.807, 2.05) is 35.2 Å². The van der Waals surface area contributed by atoms with E-state index >= 15 is 0 Å². The molecule has 8 nitrogen and oxygen atoms in total. The van der Waals surface area contributed by atoms with Crippen molar-refractivity contribution < 1.29 is 9.53 Å². The zero-order chi connectivity index (χ0) is 20.8. The Morgan fingerprint density at radius 1 is 1.10 bits per heavy atom. The number of nitrogens with zero attached hydrogens (tertiary/aromatic N) is 5. The van der Waals surface area contributed by atoms with E-state index in [0.29, 0.717) is 38.7 Å². The number of hydrogen-bond donors (Lipinski definition) is 1. The van der Waals surface area contributed by atoms with Gasteiger partial charge in [0.1, 0.15) is 6.61 Å². The fraction of sp³-hybridized carbons (Fsp3) is 0.333. The van der Waals surface area contributed by atoms with E-state index in [1.165, 1.54) is 5.56 Å². The lowest BCUT2D eigenvalue weighted by atomic mass is 10.1. The van der Waals surface area contributed by atoms with E-state index < -0.39 is 0 Å². The fourth-order valence-corrected chi connectivity index (χ4v) is 3.80. The Balaban J connectivity index is 1.31.